The molecule has 0 aliphatic rings. The van der Waals surface area contributed by atoms with Gasteiger partial charge in [-0.15, -0.1) is 0 Å². The van der Waals surface area contributed by atoms with E-state index in [1.165, 1.54) is 6.42 Å². The molecule has 3 N–H and O–H groups in total. The van der Waals surface area contributed by atoms with Gasteiger partial charge in [-0.3, -0.25) is 0 Å². The maximum Gasteiger partial charge on any atom is 0.149 e. The van der Waals surface area contributed by atoms with Gasteiger partial charge in [-0.1, -0.05) is 13.8 Å². The van der Waals surface area contributed by atoms with Crippen LogP contribution in [-0.4, -0.2) is 35.6 Å². The smallest absolute Gasteiger partial charge is 0.149 e. The highest BCUT2D eigenvalue weighted by molar-refractivity contribution is 9.10. The lowest BCUT2D eigenvalue weighted by Crippen LogP contribution is -2.25. The van der Waals surface area contributed by atoms with Gasteiger partial charge in [0.05, 0.1) is 5.69 Å². The second-order valence-electron chi connectivity index (χ2n) is 4.81. The van der Waals surface area contributed by atoms with Crippen molar-refractivity contribution in [2.75, 3.05) is 30.7 Å². The third-order valence-electron chi connectivity index (χ3n) is 3.27. The van der Waals surface area contributed by atoms with Crippen molar-refractivity contribution in [3.8, 4) is 0 Å². The lowest BCUT2D eigenvalue weighted by Gasteiger charge is -2.20. The summed E-state index contributed by atoms with van der Waals surface area (Å²) in [5, 5.41) is 3.37. The van der Waals surface area contributed by atoms with E-state index < -0.39 is 0 Å². The summed E-state index contributed by atoms with van der Waals surface area (Å²) in [6.45, 7) is 9.99. The average Bonchev–Trinajstić information content (AvgIpc) is 2.38. The highest BCUT2D eigenvalue weighted by Crippen LogP contribution is 2.21. The normalized spacial score (nSPS) is 12.7. The fourth-order valence-corrected chi connectivity index (χ4v) is 2.39. The molecule has 0 aromatic carbocycles. The van der Waals surface area contributed by atoms with Gasteiger partial charge >= 0.3 is 0 Å². The molecule has 0 bridgehead atoms. The summed E-state index contributed by atoms with van der Waals surface area (Å²) in [4.78, 5) is 6.74. The zero-order valence-electron chi connectivity index (χ0n) is 12.1. The quantitative estimate of drug-likeness (QED) is 0.768. The summed E-state index contributed by atoms with van der Waals surface area (Å²) in [5.41, 5.74) is 6.61. The number of nitrogens with one attached hydrogen (secondary N) is 1. The second-order valence-corrected chi connectivity index (χ2v) is 5.72. The number of aromatic nitrogens is 1. The van der Waals surface area contributed by atoms with Crippen LogP contribution in [0.3, 0.4) is 0 Å². The van der Waals surface area contributed by atoms with Gasteiger partial charge in [0.25, 0.3) is 0 Å². The molecule has 0 aliphatic heterocycles. The molecule has 1 heterocycles. The largest absolute Gasteiger partial charge is 0.396 e. The zero-order chi connectivity index (χ0) is 14.3. The van der Waals surface area contributed by atoms with Gasteiger partial charge in [-0.25, -0.2) is 4.98 Å². The van der Waals surface area contributed by atoms with Crippen LogP contribution in [0.2, 0.25) is 0 Å². The van der Waals surface area contributed by atoms with E-state index in [2.05, 4.69) is 51.9 Å². The lowest BCUT2D eigenvalue weighted by atomic mass is 10.1. The summed E-state index contributed by atoms with van der Waals surface area (Å²) in [7, 11) is 0. The molecule has 0 saturated carbocycles. The number of rotatable bonds is 8. The topological polar surface area (TPSA) is 54.2 Å². The number of nitrogens with zero attached hydrogens (tertiary/aromatic N) is 2. The van der Waals surface area contributed by atoms with E-state index in [4.69, 9.17) is 5.73 Å². The minimum absolute atomic E-state index is 0.381. The molecule has 1 rings (SSSR count). The maximum absolute atomic E-state index is 5.93. The molecule has 1 unspecified atom stereocenters. The van der Waals surface area contributed by atoms with Crippen LogP contribution in [0.4, 0.5) is 11.5 Å². The first-order valence-electron chi connectivity index (χ1n) is 6.96. The van der Waals surface area contributed by atoms with Crippen molar-refractivity contribution in [3.63, 3.8) is 0 Å². The number of nitrogen functional groups attached to an aromatic ring is 1. The third kappa shape index (κ3) is 5.78. The number of hydrogen-bond donors (Lipinski definition) is 2. The monoisotopic (exact) mass is 328 g/mol. The van der Waals surface area contributed by atoms with Gasteiger partial charge in [-0.05, 0) is 61.4 Å². The van der Waals surface area contributed by atoms with Crippen LogP contribution in [0.5, 0.6) is 0 Å². The van der Waals surface area contributed by atoms with Crippen LogP contribution in [-0.2, 0) is 0 Å². The van der Waals surface area contributed by atoms with E-state index in [0.29, 0.717) is 11.7 Å². The average molecular weight is 329 g/mol. The Labute approximate surface area is 124 Å². The molecule has 1 aromatic rings. The Balaban J connectivity index is 2.36. The Morgan fingerprint density at radius 3 is 2.68 bits per heavy atom. The van der Waals surface area contributed by atoms with Crippen LogP contribution in [0.15, 0.2) is 16.7 Å². The molecule has 0 spiro atoms. The molecule has 5 heteroatoms. The van der Waals surface area contributed by atoms with Crippen LogP contribution in [0.25, 0.3) is 0 Å². The van der Waals surface area contributed by atoms with Crippen LogP contribution >= 0.6 is 15.9 Å². The van der Waals surface area contributed by atoms with E-state index in [0.717, 1.165) is 36.3 Å². The van der Waals surface area contributed by atoms with Gasteiger partial charge in [-0.2, -0.15) is 0 Å². The SMILES string of the molecule is CCN(CC)CCCC(C)Nc1ncc(Br)cc1N. The molecule has 4 nitrogen and oxygen atoms in total. The van der Waals surface area contributed by atoms with Crippen molar-refractivity contribution in [2.45, 2.75) is 39.7 Å². The molecule has 1 atom stereocenters. The van der Waals surface area contributed by atoms with Gasteiger partial charge < -0.3 is 16.0 Å². The highest BCUT2D eigenvalue weighted by atomic mass is 79.9. The standard InChI is InChI=1S/C14H25BrN4/c1-4-19(5-2)8-6-7-11(3)18-14-13(16)9-12(15)10-17-14/h9-11H,4-8,16H2,1-3H3,(H,17,18). The first-order valence-corrected chi connectivity index (χ1v) is 7.76. The fourth-order valence-electron chi connectivity index (χ4n) is 2.04. The Kier molecular flexibility index (Phi) is 7.16. The van der Waals surface area contributed by atoms with Crippen molar-refractivity contribution >= 4 is 27.4 Å². The second kappa shape index (κ2) is 8.38. The molecular weight excluding hydrogens is 304 g/mol. The number of hydrogen-bond acceptors (Lipinski definition) is 4. The maximum atomic E-state index is 5.93. The number of anilines is 2. The van der Waals surface area contributed by atoms with Crippen molar-refractivity contribution in [2.24, 2.45) is 0 Å². The summed E-state index contributed by atoms with van der Waals surface area (Å²) >= 11 is 3.36. The molecule has 19 heavy (non-hydrogen) atoms. The predicted octanol–water partition coefficient (Wildman–Crippen LogP) is 3.35. The van der Waals surface area contributed by atoms with E-state index in [1.54, 1.807) is 6.20 Å². The number of nitrogens with two attached hydrogens (primary N) is 1. The zero-order valence-corrected chi connectivity index (χ0v) is 13.7. The molecule has 1 aromatic heterocycles. The predicted molar refractivity (Wildman–Crippen MR) is 86.5 cm³/mol. The van der Waals surface area contributed by atoms with Crippen LogP contribution < -0.4 is 11.1 Å². The van der Waals surface area contributed by atoms with E-state index >= 15 is 0 Å². The van der Waals surface area contributed by atoms with Gasteiger partial charge in [0.2, 0.25) is 0 Å². The first kappa shape index (κ1) is 16.2. The van der Waals surface area contributed by atoms with Gasteiger partial charge in [0.1, 0.15) is 5.82 Å². The van der Waals surface area contributed by atoms with Crippen molar-refractivity contribution in [1.29, 1.82) is 0 Å². The minimum atomic E-state index is 0.381. The van der Waals surface area contributed by atoms with Gasteiger partial charge in [0.15, 0.2) is 0 Å². The Hall–Kier alpha value is -0.810. The summed E-state index contributed by atoms with van der Waals surface area (Å²) in [6, 6.07) is 2.25. The van der Waals surface area contributed by atoms with E-state index in [-0.39, 0.29) is 0 Å². The van der Waals surface area contributed by atoms with Crippen molar-refractivity contribution in [1.82, 2.24) is 9.88 Å². The molecule has 0 radical (unpaired) electrons. The molecular formula is C14H25BrN4. The fraction of sp³-hybridized carbons (Fsp3) is 0.643. The Bertz CT molecular complexity index is 380. The van der Waals surface area contributed by atoms with Crippen LogP contribution in [0, 0.1) is 0 Å². The van der Waals surface area contributed by atoms with Crippen LogP contribution in [0.1, 0.15) is 33.6 Å². The van der Waals surface area contributed by atoms with Crippen molar-refractivity contribution in [3.05, 3.63) is 16.7 Å². The van der Waals surface area contributed by atoms with E-state index in [1.807, 2.05) is 6.07 Å². The van der Waals surface area contributed by atoms with E-state index in [9.17, 15) is 0 Å². The van der Waals surface area contributed by atoms with Crippen molar-refractivity contribution < 1.29 is 0 Å². The van der Waals surface area contributed by atoms with Gasteiger partial charge in [0, 0.05) is 16.7 Å². The lowest BCUT2D eigenvalue weighted by molar-refractivity contribution is 0.295. The number of pyridine rings is 1. The minimum Gasteiger partial charge on any atom is -0.396 e. The summed E-state index contributed by atoms with van der Waals surface area (Å²) in [5.74, 6) is 0.776. The third-order valence-corrected chi connectivity index (χ3v) is 3.71. The molecule has 108 valence electrons. The Morgan fingerprint density at radius 1 is 1.42 bits per heavy atom. The summed E-state index contributed by atoms with van der Waals surface area (Å²) in [6.07, 6.45) is 4.07. The molecule has 0 aliphatic carbocycles. The molecule has 0 fully saturated rings. The number of halogens is 1. The first-order chi connectivity index (χ1) is 9.06. The summed E-state index contributed by atoms with van der Waals surface area (Å²) < 4.78 is 0.907. The Morgan fingerprint density at radius 2 is 2.11 bits per heavy atom. The highest BCUT2D eigenvalue weighted by Gasteiger charge is 2.07. The molecule has 0 amide bonds. The molecule has 0 saturated heterocycles.